The van der Waals surface area contributed by atoms with Gasteiger partial charge >= 0.3 is 0 Å². The first-order chi connectivity index (χ1) is 23.8. The number of hydrogen-bond acceptors (Lipinski definition) is 1. The summed E-state index contributed by atoms with van der Waals surface area (Å²) in [5.74, 6) is 0. The van der Waals surface area contributed by atoms with Crippen molar-refractivity contribution in [1.82, 2.24) is 4.98 Å². The molecule has 1 aromatic heterocycles. The molecule has 5 aromatic carbocycles. The normalized spacial score (nSPS) is 12.2. The number of aliphatic imine (C=N–C) groups is 1. The summed E-state index contributed by atoms with van der Waals surface area (Å²) in [6.45, 7) is 6.43. The van der Waals surface area contributed by atoms with Crippen LogP contribution in [0.3, 0.4) is 0 Å². The Morgan fingerprint density at radius 3 is 1.29 bits per heavy atom. The van der Waals surface area contributed by atoms with Gasteiger partial charge in [-0.3, -0.25) is 4.99 Å². The van der Waals surface area contributed by atoms with Gasteiger partial charge in [-0.2, -0.15) is 0 Å². The molecular weight excluding hydrogens is 1020 g/mol. The standard InChI is InChI=1S/C18H15Br3N2.2C12H10P.BrH.Pd/c1-9-4-10(2)16(11(3)5-9)17(14-6-12(19)8-22-14)15-7-13(20)18(21)23-15;2*1-3-7-11(8-4-1)13-12-9-5-2-6-10-12;;/h4-8,23H,1-3H3;2*1-10H;1H;/q;2*-1;;/p-1/b17-14-;;;;. The number of aromatic amines is 1. The fourth-order valence-electron chi connectivity index (χ4n) is 5.30. The first kappa shape index (κ1) is 43.4. The number of aromatic nitrogens is 1. The van der Waals surface area contributed by atoms with Crippen molar-refractivity contribution in [3.8, 4) is 0 Å². The zero-order chi connectivity index (χ0) is 34.6. The molecule has 0 atom stereocenters. The van der Waals surface area contributed by atoms with Crippen molar-refractivity contribution in [2.24, 2.45) is 4.99 Å². The van der Waals surface area contributed by atoms with Crippen LogP contribution in [0.5, 0.6) is 0 Å². The van der Waals surface area contributed by atoms with Crippen molar-refractivity contribution >= 4 is 98.0 Å². The van der Waals surface area contributed by atoms with Crippen molar-refractivity contribution in [2.45, 2.75) is 20.8 Å². The molecule has 2 heterocycles. The van der Waals surface area contributed by atoms with Crippen LogP contribution in [0.1, 0.15) is 27.9 Å². The molecule has 1 aliphatic heterocycles. The number of benzene rings is 5. The summed E-state index contributed by atoms with van der Waals surface area (Å²) in [4.78, 5) is 7.98. The van der Waals surface area contributed by atoms with E-state index < -0.39 is 0 Å². The van der Waals surface area contributed by atoms with Gasteiger partial charge < -0.3 is 39.1 Å². The monoisotopic (exact) mass is 1050 g/mol. The van der Waals surface area contributed by atoms with Crippen molar-refractivity contribution < 1.29 is 37.4 Å². The second-order valence-corrected chi connectivity index (χ2v) is 16.3. The van der Waals surface area contributed by atoms with Crippen molar-refractivity contribution in [3.05, 3.63) is 193 Å². The molecule has 264 valence electrons. The molecule has 9 heteroatoms. The predicted octanol–water partition coefficient (Wildman–Crippen LogP) is 8.76. The number of aryl methyl sites for hydroxylation is 3. The number of nitrogens with one attached hydrogen (secondary N) is 1. The largest absolute Gasteiger partial charge is 1.00 e. The van der Waals surface area contributed by atoms with Gasteiger partial charge in [0, 0.05) is 36.7 Å². The SMILES string of the molecule is Cc1cc(C)c(/C(=C2/C=C(Br)C=N2)c2cc(Br)c(Br)[nH]2)c(C)c1.[Br-].[Pd].c1ccc([P-]c2ccccc2)cc1.c1ccc([P-]c2ccccc2)cc1. The van der Waals surface area contributed by atoms with Crippen molar-refractivity contribution in [1.29, 1.82) is 0 Å². The summed E-state index contributed by atoms with van der Waals surface area (Å²) in [6, 6.07) is 48.5. The third kappa shape index (κ3) is 13.4. The Morgan fingerprint density at radius 2 is 0.980 bits per heavy atom. The van der Waals surface area contributed by atoms with Gasteiger partial charge in [-0.25, -0.2) is 21.2 Å². The summed E-state index contributed by atoms with van der Waals surface area (Å²) in [5.41, 5.74) is 8.09. The van der Waals surface area contributed by atoms with Gasteiger partial charge in [0.05, 0.1) is 20.5 Å². The predicted molar refractivity (Wildman–Crippen MR) is 227 cm³/mol. The van der Waals surface area contributed by atoms with E-state index in [0.29, 0.717) is 0 Å². The van der Waals surface area contributed by atoms with Crippen molar-refractivity contribution in [3.63, 3.8) is 0 Å². The van der Waals surface area contributed by atoms with Crippen LogP contribution < -0.4 is 38.2 Å². The maximum atomic E-state index is 4.58. The molecule has 0 unspecified atom stereocenters. The van der Waals surface area contributed by atoms with E-state index in [4.69, 9.17) is 0 Å². The number of allylic oxidation sites excluding steroid dienone is 2. The van der Waals surface area contributed by atoms with Crippen LogP contribution in [0.4, 0.5) is 0 Å². The van der Waals surface area contributed by atoms with Gasteiger partial charge in [0.1, 0.15) is 0 Å². The van der Waals surface area contributed by atoms with E-state index in [1.807, 2.05) is 30.5 Å². The Bertz CT molecular complexity index is 1870. The fraction of sp³-hybridized carbons (Fsp3) is 0.0714. The molecule has 1 aliphatic rings. The second kappa shape index (κ2) is 22.2. The smallest absolute Gasteiger partial charge is 0.0969 e. The molecule has 0 bridgehead atoms. The summed E-state index contributed by atoms with van der Waals surface area (Å²) in [5, 5.41) is 5.37. The summed E-state index contributed by atoms with van der Waals surface area (Å²) in [6.07, 6.45) is 3.89. The third-order valence-electron chi connectivity index (χ3n) is 7.32. The molecule has 0 spiro atoms. The van der Waals surface area contributed by atoms with Gasteiger partial charge in [0.2, 0.25) is 0 Å². The first-order valence-corrected chi connectivity index (χ1v) is 19.9. The molecule has 6 aromatic rings. The van der Waals surface area contributed by atoms with E-state index in [2.05, 4.69) is 200 Å². The Labute approximate surface area is 355 Å². The van der Waals surface area contributed by atoms with Crippen LogP contribution in [0.25, 0.3) is 5.57 Å². The molecule has 51 heavy (non-hydrogen) atoms. The summed E-state index contributed by atoms with van der Waals surface area (Å²) >= 11 is 10.6. The van der Waals surface area contributed by atoms with E-state index in [1.54, 1.807) is 0 Å². The van der Waals surface area contributed by atoms with Gasteiger partial charge in [-0.05, 0) is 97.4 Å². The zero-order valence-electron chi connectivity index (χ0n) is 28.1. The van der Waals surface area contributed by atoms with E-state index in [1.165, 1.54) is 60.6 Å². The molecule has 0 fully saturated rings. The third-order valence-corrected chi connectivity index (χ3v) is 11.8. The van der Waals surface area contributed by atoms with E-state index in [9.17, 15) is 0 Å². The summed E-state index contributed by atoms with van der Waals surface area (Å²) < 4.78 is 2.91. The quantitative estimate of drug-likeness (QED) is 0.128. The molecule has 0 saturated heterocycles. The Morgan fingerprint density at radius 1 is 0.588 bits per heavy atom. The summed E-state index contributed by atoms with van der Waals surface area (Å²) in [7, 11) is 2.56. The maximum Gasteiger partial charge on any atom is 0.0969 e. The zero-order valence-corrected chi connectivity index (χ0v) is 37.8. The van der Waals surface area contributed by atoms with Crippen LogP contribution in [-0.2, 0) is 20.4 Å². The molecule has 0 amide bonds. The Hall–Kier alpha value is -2.03. The number of rotatable bonds is 6. The Balaban J connectivity index is 0.000000216. The van der Waals surface area contributed by atoms with Crippen LogP contribution in [0, 0.1) is 20.8 Å². The van der Waals surface area contributed by atoms with Crippen LogP contribution in [0.2, 0.25) is 0 Å². The fourth-order valence-corrected chi connectivity index (χ4v) is 8.15. The van der Waals surface area contributed by atoms with Gasteiger partial charge in [-0.15, -0.1) is 0 Å². The number of nitrogens with zero attached hydrogens (tertiary/aromatic N) is 1. The number of hydrogen-bond donors (Lipinski definition) is 1. The van der Waals surface area contributed by atoms with Gasteiger partial charge in [0.25, 0.3) is 0 Å². The second-order valence-electron chi connectivity index (χ2n) is 11.2. The van der Waals surface area contributed by atoms with Crippen molar-refractivity contribution in [2.75, 3.05) is 0 Å². The molecule has 7 rings (SSSR count). The maximum absolute atomic E-state index is 4.58. The molecular formula is C42H35Br4N2P2Pd-3. The van der Waals surface area contributed by atoms with E-state index in [-0.39, 0.29) is 37.4 Å². The average molecular weight is 1060 g/mol. The molecule has 0 aliphatic carbocycles. The molecule has 0 radical (unpaired) electrons. The number of H-pyrrole nitrogens is 1. The van der Waals surface area contributed by atoms with Crippen LogP contribution in [-0.4, -0.2) is 11.2 Å². The average Bonchev–Trinajstić information content (AvgIpc) is 3.68. The van der Waals surface area contributed by atoms with Gasteiger partial charge in [-0.1, -0.05) is 139 Å². The minimum absolute atomic E-state index is 0. The first-order valence-electron chi connectivity index (χ1n) is 15.7. The molecule has 2 nitrogen and oxygen atoms in total. The van der Waals surface area contributed by atoms with Crippen LogP contribution >= 0.6 is 65.0 Å². The van der Waals surface area contributed by atoms with E-state index in [0.717, 1.165) is 30.5 Å². The van der Waals surface area contributed by atoms with Crippen LogP contribution in [0.15, 0.2) is 170 Å². The number of halogens is 4. The Kier molecular flexibility index (Phi) is 18.9. The minimum atomic E-state index is 0. The van der Waals surface area contributed by atoms with E-state index >= 15 is 0 Å². The molecule has 0 saturated carbocycles. The molecule has 1 N–H and O–H groups in total. The van der Waals surface area contributed by atoms with Gasteiger partial charge in [0.15, 0.2) is 0 Å². The topological polar surface area (TPSA) is 28.1 Å². The minimum Gasteiger partial charge on any atom is -1.00 e.